The van der Waals surface area contributed by atoms with E-state index in [0.29, 0.717) is 36.6 Å². The van der Waals surface area contributed by atoms with Crippen molar-refractivity contribution in [2.24, 2.45) is 0 Å². The van der Waals surface area contributed by atoms with E-state index in [1.807, 2.05) is 26.0 Å². The molecule has 2 aliphatic heterocycles. The van der Waals surface area contributed by atoms with E-state index in [9.17, 15) is 13.2 Å². The zero-order valence-corrected chi connectivity index (χ0v) is 19.2. The van der Waals surface area contributed by atoms with Crippen LogP contribution >= 0.6 is 0 Å². The summed E-state index contributed by atoms with van der Waals surface area (Å²) in [5.41, 5.74) is 1.60. The molecule has 168 valence electrons. The standard InChI is InChI=1S/C21H35N5O3S/c1-18-4-5-19(2)20(16-18)30(28,29)26(15-14-24-12-10-23(3)11-13-24)17-21(27)25-8-6-22-7-9-25/h4-5,16,22H,6-15,17H2,1-3H3. The van der Waals surface area contributed by atoms with E-state index in [4.69, 9.17) is 0 Å². The lowest BCUT2D eigenvalue weighted by molar-refractivity contribution is -0.132. The number of hydrogen-bond acceptors (Lipinski definition) is 6. The molecule has 2 aliphatic rings. The monoisotopic (exact) mass is 437 g/mol. The van der Waals surface area contributed by atoms with Gasteiger partial charge in [0, 0.05) is 65.4 Å². The van der Waals surface area contributed by atoms with E-state index in [1.165, 1.54) is 4.31 Å². The van der Waals surface area contributed by atoms with Gasteiger partial charge in [-0.1, -0.05) is 12.1 Å². The van der Waals surface area contributed by atoms with Crippen LogP contribution < -0.4 is 5.32 Å². The second-order valence-corrected chi connectivity index (χ2v) is 10.3. The van der Waals surface area contributed by atoms with E-state index in [0.717, 1.165) is 44.8 Å². The van der Waals surface area contributed by atoms with E-state index in [2.05, 4.69) is 22.2 Å². The van der Waals surface area contributed by atoms with Crippen LogP contribution in [-0.2, 0) is 14.8 Å². The molecule has 0 aromatic heterocycles. The number of sulfonamides is 1. The van der Waals surface area contributed by atoms with Gasteiger partial charge in [-0.15, -0.1) is 0 Å². The summed E-state index contributed by atoms with van der Waals surface area (Å²) in [5, 5.41) is 3.23. The van der Waals surface area contributed by atoms with Gasteiger partial charge in [0.05, 0.1) is 11.4 Å². The molecular formula is C21H35N5O3S. The zero-order valence-electron chi connectivity index (χ0n) is 18.4. The molecule has 0 spiro atoms. The fraction of sp³-hybridized carbons (Fsp3) is 0.667. The molecule has 30 heavy (non-hydrogen) atoms. The molecule has 2 fully saturated rings. The van der Waals surface area contributed by atoms with Crippen LogP contribution in [0.2, 0.25) is 0 Å². The minimum absolute atomic E-state index is 0.108. The summed E-state index contributed by atoms with van der Waals surface area (Å²) in [5.74, 6) is -0.122. The van der Waals surface area contributed by atoms with Crippen LogP contribution in [0, 0.1) is 13.8 Å². The Labute approximate surface area is 180 Å². The van der Waals surface area contributed by atoms with Crippen LogP contribution in [0.1, 0.15) is 11.1 Å². The highest BCUT2D eigenvalue weighted by Gasteiger charge is 2.30. The number of nitrogens with one attached hydrogen (secondary N) is 1. The van der Waals surface area contributed by atoms with E-state index in [1.54, 1.807) is 11.0 Å². The average molecular weight is 438 g/mol. The first-order chi connectivity index (χ1) is 14.3. The molecule has 0 radical (unpaired) electrons. The average Bonchev–Trinajstić information content (AvgIpc) is 2.74. The molecule has 1 amide bonds. The SMILES string of the molecule is Cc1ccc(C)c(S(=O)(=O)N(CCN2CCN(C)CC2)CC(=O)N2CCNCC2)c1. The first kappa shape index (κ1) is 23.1. The molecule has 0 saturated carbocycles. The van der Waals surface area contributed by atoms with Gasteiger partial charge < -0.3 is 15.1 Å². The molecule has 1 aromatic carbocycles. The van der Waals surface area contributed by atoms with Crippen molar-refractivity contribution in [1.29, 1.82) is 0 Å². The molecule has 0 bridgehead atoms. The maximum absolute atomic E-state index is 13.6. The number of hydrogen-bond donors (Lipinski definition) is 1. The van der Waals surface area contributed by atoms with Crippen LogP contribution in [0.25, 0.3) is 0 Å². The minimum atomic E-state index is -3.77. The summed E-state index contributed by atoms with van der Waals surface area (Å²) in [6.45, 7) is 11.1. The minimum Gasteiger partial charge on any atom is -0.339 e. The smallest absolute Gasteiger partial charge is 0.243 e. The molecule has 1 aromatic rings. The Morgan fingerprint density at radius 2 is 1.73 bits per heavy atom. The molecule has 9 heteroatoms. The first-order valence-corrected chi connectivity index (χ1v) is 12.2. The van der Waals surface area contributed by atoms with Gasteiger partial charge in [-0.25, -0.2) is 8.42 Å². The number of carbonyl (C=O) groups is 1. The van der Waals surface area contributed by atoms with Crippen molar-refractivity contribution >= 4 is 15.9 Å². The summed E-state index contributed by atoms with van der Waals surface area (Å²) in [6.07, 6.45) is 0. The molecule has 2 saturated heterocycles. The number of likely N-dealkylation sites (N-methyl/N-ethyl adjacent to an activating group) is 1. The zero-order chi connectivity index (χ0) is 21.7. The fourth-order valence-electron chi connectivity index (χ4n) is 3.90. The number of nitrogens with zero attached hydrogens (tertiary/aromatic N) is 4. The second kappa shape index (κ2) is 10.2. The summed E-state index contributed by atoms with van der Waals surface area (Å²) in [7, 11) is -1.67. The van der Waals surface area contributed by atoms with Crippen LogP contribution in [-0.4, -0.2) is 112 Å². The predicted molar refractivity (Wildman–Crippen MR) is 118 cm³/mol. The summed E-state index contributed by atoms with van der Waals surface area (Å²) in [6, 6.07) is 5.45. The normalized spacial score (nSPS) is 19.4. The van der Waals surface area contributed by atoms with Crippen molar-refractivity contribution in [2.75, 3.05) is 79.0 Å². The molecule has 3 rings (SSSR count). The Bertz CT molecular complexity index is 831. The third kappa shape index (κ3) is 5.79. The van der Waals surface area contributed by atoms with Crippen molar-refractivity contribution in [2.45, 2.75) is 18.7 Å². The fourth-order valence-corrected chi connectivity index (χ4v) is 5.59. The molecule has 0 aliphatic carbocycles. The highest BCUT2D eigenvalue weighted by atomic mass is 32.2. The van der Waals surface area contributed by atoms with Crippen LogP contribution in [0.4, 0.5) is 0 Å². The quantitative estimate of drug-likeness (QED) is 0.646. The third-order valence-electron chi connectivity index (χ3n) is 6.00. The van der Waals surface area contributed by atoms with Gasteiger partial charge in [-0.3, -0.25) is 9.69 Å². The molecule has 0 unspecified atom stereocenters. The molecule has 0 atom stereocenters. The Morgan fingerprint density at radius 1 is 1.07 bits per heavy atom. The van der Waals surface area contributed by atoms with Crippen molar-refractivity contribution < 1.29 is 13.2 Å². The Kier molecular flexibility index (Phi) is 7.86. The number of rotatable bonds is 7. The Morgan fingerprint density at radius 3 is 2.40 bits per heavy atom. The van der Waals surface area contributed by atoms with E-state index in [-0.39, 0.29) is 12.5 Å². The number of benzene rings is 1. The van der Waals surface area contributed by atoms with Crippen LogP contribution in [0.15, 0.2) is 23.1 Å². The van der Waals surface area contributed by atoms with Crippen molar-refractivity contribution in [3.63, 3.8) is 0 Å². The van der Waals surface area contributed by atoms with Gasteiger partial charge in [-0.2, -0.15) is 4.31 Å². The van der Waals surface area contributed by atoms with E-state index >= 15 is 0 Å². The van der Waals surface area contributed by atoms with Crippen LogP contribution in [0.5, 0.6) is 0 Å². The van der Waals surface area contributed by atoms with Crippen molar-refractivity contribution in [3.05, 3.63) is 29.3 Å². The Balaban J connectivity index is 1.78. The summed E-state index contributed by atoms with van der Waals surface area (Å²) < 4.78 is 28.5. The number of piperazine rings is 2. The maximum Gasteiger partial charge on any atom is 0.243 e. The summed E-state index contributed by atoms with van der Waals surface area (Å²) in [4.78, 5) is 19.5. The van der Waals surface area contributed by atoms with Gasteiger partial charge in [-0.05, 0) is 38.1 Å². The lowest BCUT2D eigenvalue weighted by Crippen LogP contribution is -2.52. The summed E-state index contributed by atoms with van der Waals surface area (Å²) >= 11 is 0. The van der Waals surface area contributed by atoms with Crippen LogP contribution in [0.3, 0.4) is 0 Å². The van der Waals surface area contributed by atoms with Gasteiger partial charge in [0.25, 0.3) is 0 Å². The number of amides is 1. The van der Waals surface area contributed by atoms with E-state index < -0.39 is 10.0 Å². The molecule has 2 heterocycles. The van der Waals surface area contributed by atoms with Gasteiger partial charge in [0.1, 0.15) is 0 Å². The molecule has 8 nitrogen and oxygen atoms in total. The first-order valence-electron chi connectivity index (χ1n) is 10.7. The van der Waals surface area contributed by atoms with Gasteiger partial charge >= 0.3 is 0 Å². The van der Waals surface area contributed by atoms with Crippen molar-refractivity contribution in [3.8, 4) is 0 Å². The highest BCUT2D eigenvalue weighted by Crippen LogP contribution is 2.21. The van der Waals surface area contributed by atoms with Gasteiger partial charge in [0.15, 0.2) is 0 Å². The lowest BCUT2D eigenvalue weighted by Gasteiger charge is -2.34. The van der Waals surface area contributed by atoms with Gasteiger partial charge in [0.2, 0.25) is 15.9 Å². The predicted octanol–water partition coefficient (Wildman–Crippen LogP) is -0.0267. The second-order valence-electron chi connectivity index (χ2n) is 8.38. The highest BCUT2D eigenvalue weighted by molar-refractivity contribution is 7.89. The largest absolute Gasteiger partial charge is 0.339 e. The van der Waals surface area contributed by atoms with Crippen molar-refractivity contribution in [1.82, 2.24) is 24.3 Å². The molecule has 1 N–H and O–H groups in total. The topological polar surface area (TPSA) is 76.2 Å². The molecular weight excluding hydrogens is 402 g/mol. The lowest BCUT2D eigenvalue weighted by atomic mass is 10.2. The maximum atomic E-state index is 13.6. The number of carbonyl (C=O) groups excluding carboxylic acids is 1. The Hall–Kier alpha value is -1.52. The number of aryl methyl sites for hydroxylation is 2. The third-order valence-corrected chi connectivity index (χ3v) is 7.99.